The number of amides is 1. The Balaban J connectivity index is 1.48. The molecule has 0 bridgehead atoms. The predicted molar refractivity (Wildman–Crippen MR) is 106 cm³/mol. The standard InChI is InChI=1S/C22H23F4N3O/c23-17-6-4-15(5-7-17)20(21(30)27-18-8-9-18)29-12-10-28(11-13-29)19-3-1-2-16(14-19)22(24,25)26/h1-7,14,18,20H,8-13H2,(H,27,30). The smallest absolute Gasteiger partial charge is 0.369 e. The van der Waals surface area contributed by atoms with Gasteiger partial charge in [-0.2, -0.15) is 13.2 Å². The van der Waals surface area contributed by atoms with Crippen molar-refractivity contribution >= 4 is 11.6 Å². The topological polar surface area (TPSA) is 35.6 Å². The molecule has 1 aliphatic heterocycles. The van der Waals surface area contributed by atoms with E-state index in [1.165, 1.54) is 18.2 Å². The molecule has 2 fully saturated rings. The first-order valence-corrected chi connectivity index (χ1v) is 10.0. The summed E-state index contributed by atoms with van der Waals surface area (Å²) in [6.07, 6.45) is -2.46. The molecular formula is C22H23F4N3O. The quantitative estimate of drug-likeness (QED) is 0.742. The third-order valence-corrected chi connectivity index (χ3v) is 5.58. The first kappa shape index (κ1) is 20.7. The molecule has 160 valence electrons. The molecular weight excluding hydrogens is 398 g/mol. The van der Waals surface area contributed by atoms with Crippen molar-refractivity contribution < 1.29 is 22.4 Å². The van der Waals surface area contributed by atoms with Crippen LogP contribution in [0, 0.1) is 5.82 Å². The molecule has 0 spiro atoms. The largest absolute Gasteiger partial charge is 0.416 e. The van der Waals surface area contributed by atoms with Crippen LogP contribution in [0.25, 0.3) is 0 Å². The monoisotopic (exact) mass is 421 g/mol. The van der Waals surface area contributed by atoms with Gasteiger partial charge in [-0.3, -0.25) is 9.69 Å². The normalized spacial score (nSPS) is 18.9. The van der Waals surface area contributed by atoms with Crippen LogP contribution >= 0.6 is 0 Å². The van der Waals surface area contributed by atoms with Crippen molar-refractivity contribution in [3.05, 3.63) is 65.5 Å². The third-order valence-electron chi connectivity index (χ3n) is 5.58. The molecule has 2 aliphatic rings. The zero-order valence-electron chi connectivity index (χ0n) is 16.3. The number of nitrogens with zero attached hydrogens (tertiary/aromatic N) is 2. The minimum atomic E-state index is -4.38. The summed E-state index contributed by atoms with van der Waals surface area (Å²) in [7, 11) is 0. The van der Waals surface area contributed by atoms with Crippen LogP contribution in [-0.4, -0.2) is 43.0 Å². The minimum absolute atomic E-state index is 0.114. The van der Waals surface area contributed by atoms with Crippen molar-refractivity contribution in [2.75, 3.05) is 31.1 Å². The molecule has 1 heterocycles. The van der Waals surface area contributed by atoms with E-state index in [0.717, 1.165) is 25.0 Å². The van der Waals surface area contributed by atoms with Gasteiger partial charge in [0.25, 0.3) is 0 Å². The van der Waals surface area contributed by atoms with Gasteiger partial charge in [0.2, 0.25) is 5.91 Å². The highest BCUT2D eigenvalue weighted by Gasteiger charge is 2.35. The summed E-state index contributed by atoms with van der Waals surface area (Å²) in [4.78, 5) is 16.8. The Kier molecular flexibility index (Phi) is 5.69. The van der Waals surface area contributed by atoms with Gasteiger partial charge in [-0.05, 0) is 48.7 Å². The van der Waals surface area contributed by atoms with Crippen LogP contribution in [0.5, 0.6) is 0 Å². The number of rotatable bonds is 5. The van der Waals surface area contributed by atoms with Crippen LogP contribution in [0.4, 0.5) is 23.2 Å². The molecule has 4 nitrogen and oxygen atoms in total. The number of carbonyl (C=O) groups excluding carboxylic acids is 1. The fourth-order valence-corrected chi connectivity index (χ4v) is 3.80. The lowest BCUT2D eigenvalue weighted by molar-refractivity contribution is -0.137. The molecule has 4 rings (SSSR count). The molecule has 1 saturated heterocycles. The van der Waals surface area contributed by atoms with Gasteiger partial charge in [0.15, 0.2) is 0 Å². The van der Waals surface area contributed by atoms with Crippen LogP contribution in [0.2, 0.25) is 0 Å². The second-order valence-electron chi connectivity index (χ2n) is 7.81. The fraction of sp³-hybridized carbons (Fsp3) is 0.409. The summed E-state index contributed by atoms with van der Waals surface area (Å²) in [5, 5.41) is 3.02. The van der Waals surface area contributed by atoms with Gasteiger partial charge in [-0.1, -0.05) is 18.2 Å². The lowest BCUT2D eigenvalue weighted by atomic mass is 10.0. The van der Waals surface area contributed by atoms with Gasteiger partial charge in [-0.25, -0.2) is 4.39 Å². The van der Waals surface area contributed by atoms with Gasteiger partial charge < -0.3 is 10.2 Å². The van der Waals surface area contributed by atoms with E-state index in [2.05, 4.69) is 5.32 Å². The summed E-state index contributed by atoms with van der Waals surface area (Å²) in [6.45, 7) is 2.01. The zero-order valence-corrected chi connectivity index (χ0v) is 16.3. The zero-order chi connectivity index (χ0) is 21.3. The highest BCUT2D eigenvalue weighted by atomic mass is 19.4. The lowest BCUT2D eigenvalue weighted by Crippen LogP contribution is -2.51. The van der Waals surface area contributed by atoms with Crippen molar-refractivity contribution in [2.45, 2.75) is 31.1 Å². The number of alkyl halides is 3. The van der Waals surface area contributed by atoms with E-state index < -0.39 is 17.8 Å². The second kappa shape index (κ2) is 8.26. The van der Waals surface area contributed by atoms with Gasteiger partial charge in [0, 0.05) is 37.9 Å². The van der Waals surface area contributed by atoms with E-state index >= 15 is 0 Å². The molecule has 30 heavy (non-hydrogen) atoms. The van der Waals surface area contributed by atoms with Crippen molar-refractivity contribution in [3.8, 4) is 0 Å². The van der Waals surface area contributed by atoms with Crippen molar-refractivity contribution in [1.29, 1.82) is 0 Å². The Labute approximate surface area is 172 Å². The molecule has 1 aliphatic carbocycles. The summed E-state index contributed by atoms with van der Waals surface area (Å²) < 4.78 is 52.4. The van der Waals surface area contributed by atoms with E-state index in [9.17, 15) is 22.4 Å². The predicted octanol–water partition coefficient (Wildman–Crippen LogP) is 3.99. The highest BCUT2D eigenvalue weighted by molar-refractivity contribution is 5.83. The van der Waals surface area contributed by atoms with E-state index in [-0.39, 0.29) is 17.8 Å². The summed E-state index contributed by atoms with van der Waals surface area (Å²) in [5.41, 5.74) is 0.558. The van der Waals surface area contributed by atoms with E-state index in [0.29, 0.717) is 37.4 Å². The van der Waals surface area contributed by atoms with Crippen molar-refractivity contribution in [2.24, 2.45) is 0 Å². The minimum Gasteiger partial charge on any atom is -0.369 e. The number of nitrogens with one attached hydrogen (secondary N) is 1. The molecule has 1 atom stereocenters. The van der Waals surface area contributed by atoms with Gasteiger partial charge in [0.1, 0.15) is 11.9 Å². The van der Waals surface area contributed by atoms with Gasteiger partial charge in [0.05, 0.1) is 5.56 Å². The maximum Gasteiger partial charge on any atom is 0.416 e. The first-order valence-electron chi connectivity index (χ1n) is 10.0. The number of anilines is 1. The van der Waals surface area contributed by atoms with Gasteiger partial charge in [-0.15, -0.1) is 0 Å². The average Bonchev–Trinajstić information content (AvgIpc) is 3.54. The number of halogens is 4. The van der Waals surface area contributed by atoms with E-state index in [1.807, 2.05) is 9.80 Å². The molecule has 1 saturated carbocycles. The van der Waals surface area contributed by atoms with Gasteiger partial charge >= 0.3 is 6.18 Å². The molecule has 1 amide bonds. The van der Waals surface area contributed by atoms with Crippen LogP contribution in [0.15, 0.2) is 48.5 Å². The summed E-state index contributed by atoms with van der Waals surface area (Å²) in [6, 6.07) is 10.9. The van der Waals surface area contributed by atoms with Crippen molar-refractivity contribution in [1.82, 2.24) is 10.2 Å². The maximum absolute atomic E-state index is 13.4. The molecule has 1 unspecified atom stereocenters. The van der Waals surface area contributed by atoms with Crippen LogP contribution in [0.1, 0.15) is 30.0 Å². The van der Waals surface area contributed by atoms with Crippen LogP contribution in [0.3, 0.4) is 0 Å². The Morgan fingerprint density at radius 3 is 2.27 bits per heavy atom. The maximum atomic E-state index is 13.4. The highest BCUT2D eigenvalue weighted by Crippen LogP contribution is 2.32. The molecule has 0 radical (unpaired) electrons. The van der Waals surface area contributed by atoms with E-state index in [1.54, 1.807) is 18.2 Å². The number of benzene rings is 2. The Bertz CT molecular complexity index is 888. The SMILES string of the molecule is O=C(NC1CC1)C(c1ccc(F)cc1)N1CCN(c2cccc(C(F)(F)F)c2)CC1. The van der Waals surface area contributed by atoms with E-state index in [4.69, 9.17) is 0 Å². The fourth-order valence-electron chi connectivity index (χ4n) is 3.80. The van der Waals surface area contributed by atoms with Crippen LogP contribution < -0.4 is 10.2 Å². The Morgan fingerprint density at radius 2 is 1.67 bits per heavy atom. The Hall–Kier alpha value is -2.61. The number of piperazine rings is 1. The second-order valence-corrected chi connectivity index (χ2v) is 7.81. The molecule has 2 aromatic carbocycles. The molecule has 0 aromatic heterocycles. The molecule has 1 N–H and O–H groups in total. The number of carbonyl (C=O) groups is 1. The lowest BCUT2D eigenvalue weighted by Gasteiger charge is -2.40. The number of hydrogen-bond donors (Lipinski definition) is 1. The van der Waals surface area contributed by atoms with Crippen LogP contribution in [-0.2, 0) is 11.0 Å². The first-order chi connectivity index (χ1) is 14.3. The third kappa shape index (κ3) is 4.75. The van der Waals surface area contributed by atoms with Crippen molar-refractivity contribution in [3.63, 3.8) is 0 Å². The molecule has 8 heteroatoms. The summed E-state index contributed by atoms with van der Waals surface area (Å²) in [5.74, 6) is -0.480. The number of hydrogen-bond acceptors (Lipinski definition) is 3. The Morgan fingerprint density at radius 1 is 1.00 bits per heavy atom. The summed E-state index contributed by atoms with van der Waals surface area (Å²) >= 11 is 0. The average molecular weight is 421 g/mol. The molecule has 2 aromatic rings.